The Labute approximate surface area is 150 Å². The highest BCUT2D eigenvalue weighted by atomic mass is 16.1. The molecule has 0 fully saturated rings. The molecule has 0 radical (unpaired) electrons. The molecule has 0 spiro atoms. The van der Waals surface area contributed by atoms with Crippen LogP contribution in [0.4, 0.5) is 5.69 Å². The zero-order valence-corrected chi connectivity index (χ0v) is 14.8. The van der Waals surface area contributed by atoms with Crippen molar-refractivity contribution in [1.82, 2.24) is 15.0 Å². The standard InChI is InChI=1S/C19H20N6O/c1-10(11(2)20)17(21)19(26)24-14-7-13-8-16(25-18(13)23-9-14)15-5-4-6-22-12(15)3/h4-9,21H,20H2,1-3H3,(H,23,25)(H,24,26)/b11-10-,21-17?. The van der Waals surface area contributed by atoms with Gasteiger partial charge < -0.3 is 16.0 Å². The number of allylic oxidation sites excluding steroid dienone is 1. The summed E-state index contributed by atoms with van der Waals surface area (Å²) in [6.45, 7) is 5.25. The van der Waals surface area contributed by atoms with Crippen LogP contribution in [-0.4, -0.2) is 26.6 Å². The van der Waals surface area contributed by atoms with Crippen molar-refractivity contribution in [2.24, 2.45) is 5.73 Å². The lowest BCUT2D eigenvalue weighted by atomic mass is 10.1. The monoisotopic (exact) mass is 348 g/mol. The minimum absolute atomic E-state index is 0.161. The van der Waals surface area contributed by atoms with Gasteiger partial charge in [-0.05, 0) is 50.6 Å². The van der Waals surface area contributed by atoms with Crippen molar-refractivity contribution in [3.63, 3.8) is 0 Å². The summed E-state index contributed by atoms with van der Waals surface area (Å²) in [5.41, 5.74) is 10.4. The third-order valence-electron chi connectivity index (χ3n) is 4.22. The van der Waals surface area contributed by atoms with Gasteiger partial charge in [0, 0.05) is 34.2 Å². The van der Waals surface area contributed by atoms with E-state index in [0.29, 0.717) is 22.6 Å². The minimum atomic E-state index is -0.521. The van der Waals surface area contributed by atoms with Gasteiger partial charge in [-0.2, -0.15) is 0 Å². The number of nitrogens with two attached hydrogens (primary N) is 1. The van der Waals surface area contributed by atoms with Crippen LogP contribution in [0.3, 0.4) is 0 Å². The third-order valence-corrected chi connectivity index (χ3v) is 4.22. The molecule has 3 aromatic rings. The summed E-state index contributed by atoms with van der Waals surface area (Å²) in [5, 5.41) is 11.4. The maximum Gasteiger partial charge on any atom is 0.273 e. The Bertz CT molecular complexity index is 1040. The number of fused-ring (bicyclic) bond motifs is 1. The van der Waals surface area contributed by atoms with Gasteiger partial charge in [-0.15, -0.1) is 0 Å². The average Bonchev–Trinajstić information content (AvgIpc) is 3.03. The number of pyridine rings is 2. The second kappa shape index (κ2) is 6.79. The number of amides is 1. The molecule has 0 aromatic carbocycles. The van der Waals surface area contributed by atoms with Crippen molar-refractivity contribution in [3.8, 4) is 11.3 Å². The predicted octanol–water partition coefficient (Wildman–Crippen LogP) is 3.14. The minimum Gasteiger partial charge on any atom is -0.402 e. The summed E-state index contributed by atoms with van der Waals surface area (Å²) in [7, 11) is 0. The van der Waals surface area contributed by atoms with E-state index in [1.165, 1.54) is 0 Å². The van der Waals surface area contributed by atoms with E-state index in [1.807, 2.05) is 31.2 Å². The highest BCUT2D eigenvalue weighted by Gasteiger charge is 2.14. The van der Waals surface area contributed by atoms with Crippen molar-refractivity contribution in [2.45, 2.75) is 20.8 Å². The van der Waals surface area contributed by atoms with Gasteiger partial charge in [0.15, 0.2) is 0 Å². The van der Waals surface area contributed by atoms with E-state index in [2.05, 4.69) is 20.3 Å². The molecule has 0 saturated heterocycles. The summed E-state index contributed by atoms with van der Waals surface area (Å²) in [6.07, 6.45) is 3.31. The normalized spacial score (nSPS) is 12.0. The van der Waals surface area contributed by atoms with E-state index >= 15 is 0 Å². The molecule has 3 aromatic heterocycles. The first-order valence-corrected chi connectivity index (χ1v) is 8.11. The first kappa shape index (κ1) is 17.3. The number of H-pyrrole nitrogens is 1. The number of aryl methyl sites for hydroxylation is 1. The number of hydrogen-bond acceptors (Lipinski definition) is 5. The molecule has 26 heavy (non-hydrogen) atoms. The summed E-state index contributed by atoms with van der Waals surface area (Å²) >= 11 is 0. The van der Waals surface area contributed by atoms with Gasteiger partial charge in [0.05, 0.1) is 11.9 Å². The van der Waals surface area contributed by atoms with Crippen molar-refractivity contribution in [3.05, 3.63) is 53.6 Å². The molecule has 7 nitrogen and oxygen atoms in total. The Morgan fingerprint density at radius 3 is 2.73 bits per heavy atom. The van der Waals surface area contributed by atoms with Gasteiger partial charge in [-0.1, -0.05) is 0 Å². The number of aromatic nitrogens is 3. The molecule has 3 heterocycles. The molecule has 0 unspecified atom stereocenters. The molecule has 0 aliphatic carbocycles. The second-order valence-corrected chi connectivity index (χ2v) is 6.12. The Hall–Kier alpha value is -3.48. The molecular formula is C19H20N6O. The van der Waals surface area contributed by atoms with Gasteiger partial charge in [0.25, 0.3) is 5.91 Å². The lowest BCUT2D eigenvalue weighted by Gasteiger charge is -2.07. The summed E-state index contributed by atoms with van der Waals surface area (Å²) < 4.78 is 0. The van der Waals surface area contributed by atoms with E-state index in [4.69, 9.17) is 11.1 Å². The van der Waals surface area contributed by atoms with Gasteiger partial charge in [-0.25, -0.2) is 4.98 Å². The van der Waals surface area contributed by atoms with Crippen LogP contribution in [0.5, 0.6) is 0 Å². The van der Waals surface area contributed by atoms with Crippen LogP contribution in [0.25, 0.3) is 22.3 Å². The molecule has 0 aliphatic rings. The number of carbonyl (C=O) groups is 1. The maximum absolute atomic E-state index is 12.2. The topological polar surface area (TPSA) is 121 Å². The van der Waals surface area contributed by atoms with E-state index in [-0.39, 0.29) is 5.71 Å². The number of nitrogens with zero attached hydrogens (tertiary/aromatic N) is 2. The number of aromatic amines is 1. The van der Waals surface area contributed by atoms with Crippen LogP contribution in [0.2, 0.25) is 0 Å². The zero-order valence-electron chi connectivity index (χ0n) is 14.8. The van der Waals surface area contributed by atoms with Crippen LogP contribution in [-0.2, 0) is 4.79 Å². The Kier molecular flexibility index (Phi) is 4.53. The number of hydrogen-bond donors (Lipinski definition) is 4. The van der Waals surface area contributed by atoms with E-state index in [0.717, 1.165) is 22.3 Å². The van der Waals surface area contributed by atoms with Gasteiger partial charge >= 0.3 is 0 Å². The molecule has 3 rings (SSSR count). The molecule has 0 bridgehead atoms. The Balaban J connectivity index is 1.88. The predicted molar refractivity (Wildman–Crippen MR) is 103 cm³/mol. The second-order valence-electron chi connectivity index (χ2n) is 6.12. The fraction of sp³-hybridized carbons (Fsp3) is 0.158. The fourth-order valence-corrected chi connectivity index (χ4v) is 2.56. The first-order valence-electron chi connectivity index (χ1n) is 8.11. The van der Waals surface area contributed by atoms with Crippen LogP contribution < -0.4 is 11.1 Å². The van der Waals surface area contributed by atoms with Gasteiger partial charge in [0.1, 0.15) is 11.4 Å². The summed E-state index contributed by atoms with van der Waals surface area (Å²) in [4.78, 5) is 24.1. The number of anilines is 1. The molecule has 1 amide bonds. The van der Waals surface area contributed by atoms with Crippen LogP contribution in [0.15, 0.2) is 47.9 Å². The lowest BCUT2D eigenvalue weighted by molar-refractivity contribution is -0.110. The van der Waals surface area contributed by atoms with Crippen LogP contribution >= 0.6 is 0 Å². The highest BCUT2D eigenvalue weighted by molar-refractivity contribution is 6.47. The molecule has 5 N–H and O–H groups in total. The summed E-state index contributed by atoms with van der Waals surface area (Å²) in [6, 6.07) is 7.64. The van der Waals surface area contributed by atoms with Crippen molar-refractivity contribution >= 4 is 28.3 Å². The smallest absolute Gasteiger partial charge is 0.273 e. The lowest BCUT2D eigenvalue weighted by Crippen LogP contribution is -2.24. The maximum atomic E-state index is 12.2. The van der Waals surface area contributed by atoms with Crippen LogP contribution in [0.1, 0.15) is 19.5 Å². The molecule has 0 saturated carbocycles. The Morgan fingerprint density at radius 2 is 2.04 bits per heavy atom. The van der Waals surface area contributed by atoms with Crippen molar-refractivity contribution in [2.75, 3.05) is 5.32 Å². The molecular weight excluding hydrogens is 328 g/mol. The number of nitrogens with one attached hydrogen (secondary N) is 3. The SMILES string of the molecule is C/C(N)=C(\C)C(=N)C(=O)Nc1cnc2[nH]c(-c3cccnc3C)cc2c1. The van der Waals surface area contributed by atoms with Crippen LogP contribution in [0, 0.1) is 12.3 Å². The number of rotatable bonds is 4. The van der Waals surface area contributed by atoms with Crippen molar-refractivity contribution in [1.29, 1.82) is 5.41 Å². The van der Waals surface area contributed by atoms with E-state index in [1.54, 1.807) is 26.2 Å². The van der Waals surface area contributed by atoms with E-state index in [9.17, 15) is 4.79 Å². The molecule has 132 valence electrons. The molecule has 7 heteroatoms. The zero-order chi connectivity index (χ0) is 18.8. The van der Waals surface area contributed by atoms with E-state index < -0.39 is 5.91 Å². The molecule has 0 aliphatic heterocycles. The summed E-state index contributed by atoms with van der Waals surface area (Å²) in [5.74, 6) is -0.521. The van der Waals surface area contributed by atoms with Gasteiger partial charge in [-0.3, -0.25) is 15.2 Å². The Morgan fingerprint density at radius 1 is 1.27 bits per heavy atom. The third kappa shape index (κ3) is 3.32. The quantitative estimate of drug-likeness (QED) is 0.541. The van der Waals surface area contributed by atoms with Gasteiger partial charge in [0.2, 0.25) is 0 Å². The largest absolute Gasteiger partial charge is 0.402 e. The van der Waals surface area contributed by atoms with Crippen molar-refractivity contribution < 1.29 is 4.79 Å². The fourth-order valence-electron chi connectivity index (χ4n) is 2.56. The first-order chi connectivity index (χ1) is 12.4. The molecule has 0 atom stereocenters. The average molecular weight is 348 g/mol. The highest BCUT2D eigenvalue weighted by Crippen LogP contribution is 2.26. The number of carbonyl (C=O) groups excluding carboxylic acids is 1.